The third-order valence-corrected chi connectivity index (χ3v) is 4.85. The van der Waals surface area contributed by atoms with Crippen LogP contribution in [0.15, 0.2) is 59.3 Å². The number of carboxylic acids is 1. The third kappa shape index (κ3) is 5.21. The number of benzene rings is 1. The minimum atomic E-state index is -0.806. The highest BCUT2D eigenvalue weighted by molar-refractivity contribution is 6.34. The summed E-state index contributed by atoms with van der Waals surface area (Å²) in [5, 5.41) is 20.3. The van der Waals surface area contributed by atoms with Gasteiger partial charge >= 0.3 is 5.97 Å². The quantitative estimate of drug-likeness (QED) is 0.622. The van der Waals surface area contributed by atoms with E-state index in [1.54, 1.807) is 18.2 Å². The van der Waals surface area contributed by atoms with E-state index in [9.17, 15) is 4.79 Å². The first-order chi connectivity index (χ1) is 13.0. The lowest BCUT2D eigenvalue weighted by atomic mass is 10.1. The van der Waals surface area contributed by atoms with Crippen molar-refractivity contribution in [2.24, 2.45) is 0 Å². The smallest absolute Gasteiger partial charge is 0.317 e. The normalized spacial score (nSPS) is 21.4. The van der Waals surface area contributed by atoms with Gasteiger partial charge in [-0.05, 0) is 55.8 Å². The highest BCUT2D eigenvalue weighted by Crippen LogP contribution is 2.23. The second-order valence-corrected chi connectivity index (χ2v) is 6.86. The zero-order valence-electron chi connectivity index (χ0n) is 14.8. The van der Waals surface area contributed by atoms with Gasteiger partial charge in [0.05, 0.1) is 12.3 Å². The SMILES string of the molecule is N=C1C=CC=C/C1=C(\Cl)Nc1ccc(OC[C@@H]2CCCN2CC(=O)O)cc1. The van der Waals surface area contributed by atoms with Crippen LogP contribution in [0.4, 0.5) is 5.69 Å². The lowest BCUT2D eigenvalue weighted by Gasteiger charge is -2.22. The number of hydrogen-bond donors (Lipinski definition) is 3. The van der Waals surface area contributed by atoms with Crippen molar-refractivity contribution in [3.63, 3.8) is 0 Å². The van der Waals surface area contributed by atoms with Crippen LogP contribution in [0.1, 0.15) is 12.8 Å². The molecule has 3 N–H and O–H groups in total. The van der Waals surface area contributed by atoms with Gasteiger partial charge in [0.15, 0.2) is 0 Å². The molecule has 0 radical (unpaired) electrons. The summed E-state index contributed by atoms with van der Waals surface area (Å²) in [6.07, 6.45) is 9.06. The summed E-state index contributed by atoms with van der Waals surface area (Å²) in [6.45, 7) is 1.33. The predicted molar refractivity (Wildman–Crippen MR) is 107 cm³/mol. The Morgan fingerprint density at radius 2 is 2.04 bits per heavy atom. The van der Waals surface area contributed by atoms with E-state index in [1.165, 1.54) is 0 Å². The molecule has 1 aromatic rings. The van der Waals surface area contributed by atoms with Gasteiger partial charge in [0, 0.05) is 17.3 Å². The monoisotopic (exact) mass is 387 g/mol. The van der Waals surface area contributed by atoms with Gasteiger partial charge in [-0.2, -0.15) is 0 Å². The summed E-state index contributed by atoms with van der Waals surface area (Å²) >= 11 is 6.29. The zero-order valence-corrected chi connectivity index (χ0v) is 15.6. The summed E-state index contributed by atoms with van der Waals surface area (Å²) in [5.74, 6) is -0.0838. The molecule has 0 saturated carbocycles. The molecule has 0 unspecified atom stereocenters. The van der Waals surface area contributed by atoms with Gasteiger partial charge in [0.25, 0.3) is 0 Å². The number of halogens is 1. The Hall–Kier alpha value is -2.57. The Kier molecular flexibility index (Phi) is 6.32. The minimum Gasteiger partial charge on any atom is -0.492 e. The summed E-state index contributed by atoms with van der Waals surface area (Å²) in [6, 6.07) is 7.53. The van der Waals surface area contributed by atoms with Gasteiger partial charge in [-0.3, -0.25) is 9.69 Å². The Bertz CT molecular complexity index is 799. The molecule has 1 aliphatic carbocycles. The fourth-order valence-electron chi connectivity index (χ4n) is 3.16. The molecule has 7 heteroatoms. The van der Waals surface area contributed by atoms with Crippen molar-refractivity contribution in [2.45, 2.75) is 18.9 Å². The molecule has 1 aliphatic heterocycles. The van der Waals surface area contributed by atoms with E-state index in [0.29, 0.717) is 23.0 Å². The van der Waals surface area contributed by atoms with E-state index in [4.69, 9.17) is 26.9 Å². The largest absolute Gasteiger partial charge is 0.492 e. The van der Waals surface area contributed by atoms with E-state index >= 15 is 0 Å². The highest BCUT2D eigenvalue weighted by Gasteiger charge is 2.26. The van der Waals surface area contributed by atoms with Crippen LogP contribution >= 0.6 is 11.6 Å². The van der Waals surface area contributed by atoms with Crippen LogP contribution in [-0.2, 0) is 4.79 Å². The van der Waals surface area contributed by atoms with E-state index in [2.05, 4.69) is 5.32 Å². The first-order valence-electron chi connectivity index (χ1n) is 8.82. The van der Waals surface area contributed by atoms with Crippen molar-refractivity contribution in [2.75, 3.05) is 25.0 Å². The first kappa shape index (κ1) is 19.2. The molecule has 27 heavy (non-hydrogen) atoms. The van der Waals surface area contributed by atoms with E-state index in [1.807, 2.05) is 35.2 Å². The molecule has 1 saturated heterocycles. The third-order valence-electron chi connectivity index (χ3n) is 4.55. The van der Waals surface area contributed by atoms with Gasteiger partial charge in [-0.25, -0.2) is 0 Å². The van der Waals surface area contributed by atoms with E-state index < -0.39 is 5.97 Å². The first-order valence-corrected chi connectivity index (χ1v) is 9.20. The van der Waals surface area contributed by atoms with Crippen molar-refractivity contribution in [1.29, 1.82) is 5.41 Å². The standard InChI is InChI=1S/C20H22ClN3O3/c21-20(17-5-1-2-6-18(17)22)23-14-7-9-16(10-8-14)27-13-15-4-3-11-24(15)12-19(25)26/h1-2,5-10,15,22-23H,3-4,11-13H2,(H,25,26)/b20-17-,22-18?/t15-/m0/s1. The van der Waals surface area contributed by atoms with Crippen LogP contribution in [-0.4, -0.2) is 47.4 Å². The second kappa shape index (κ2) is 8.88. The lowest BCUT2D eigenvalue weighted by Crippen LogP contribution is -2.37. The molecule has 1 aromatic carbocycles. The molecule has 3 rings (SSSR count). The Morgan fingerprint density at radius 3 is 2.74 bits per heavy atom. The Balaban J connectivity index is 1.55. The summed E-state index contributed by atoms with van der Waals surface area (Å²) in [5.41, 5.74) is 1.79. The Morgan fingerprint density at radius 1 is 1.30 bits per heavy atom. The van der Waals surface area contributed by atoms with Gasteiger partial charge in [-0.1, -0.05) is 23.8 Å². The summed E-state index contributed by atoms with van der Waals surface area (Å²) < 4.78 is 5.83. The van der Waals surface area contributed by atoms with Crippen LogP contribution in [0.2, 0.25) is 0 Å². The molecule has 0 amide bonds. The molecule has 0 bridgehead atoms. The molecule has 1 fully saturated rings. The number of rotatable bonds is 7. The number of ether oxygens (including phenoxy) is 1. The van der Waals surface area contributed by atoms with Crippen LogP contribution in [0.25, 0.3) is 0 Å². The maximum absolute atomic E-state index is 10.9. The number of likely N-dealkylation sites (tertiary alicyclic amines) is 1. The molecule has 1 atom stereocenters. The van der Waals surface area contributed by atoms with E-state index in [-0.39, 0.29) is 12.6 Å². The van der Waals surface area contributed by atoms with Crippen LogP contribution < -0.4 is 10.1 Å². The van der Waals surface area contributed by atoms with Crippen LogP contribution in [0.3, 0.4) is 0 Å². The van der Waals surface area contributed by atoms with Gasteiger partial charge in [0.1, 0.15) is 17.5 Å². The second-order valence-electron chi connectivity index (χ2n) is 6.48. The predicted octanol–water partition coefficient (Wildman–Crippen LogP) is 3.62. The number of carbonyl (C=O) groups is 1. The lowest BCUT2D eigenvalue weighted by molar-refractivity contribution is -0.138. The summed E-state index contributed by atoms with van der Waals surface area (Å²) in [4.78, 5) is 12.9. The topological polar surface area (TPSA) is 85.7 Å². The summed E-state index contributed by atoms with van der Waals surface area (Å²) in [7, 11) is 0. The molecular weight excluding hydrogens is 366 g/mol. The molecule has 1 heterocycles. The van der Waals surface area contributed by atoms with Crippen LogP contribution in [0.5, 0.6) is 5.75 Å². The minimum absolute atomic E-state index is 0.0582. The maximum Gasteiger partial charge on any atom is 0.317 e. The molecule has 0 spiro atoms. The van der Waals surface area contributed by atoms with Gasteiger partial charge in [-0.15, -0.1) is 0 Å². The van der Waals surface area contributed by atoms with E-state index in [0.717, 1.165) is 30.8 Å². The fraction of sp³-hybridized carbons (Fsp3) is 0.300. The number of nitrogens with zero attached hydrogens (tertiary/aromatic N) is 1. The van der Waals surface area contributed by atoms with Gasteiger partial charge in [0.2, 0.25) is 0 Å². The number of aliphatic carboxylic acids is 1. The molecule has 6 nitrogen and oxygen atoms in total. The maximum atomic E-state index is 10.9. The average Bonchev–Trinajstić information content (AvgIpc) is 3.07. The number of hydrogen-bond acceptors (Lipinski definition) is 5. The zero-order chi connectivity index (χ0) is 19.2. The molecule has 2 aliphatic rings. The molecular formula is C20H22ClN3O3. The van der Waals surface area contributed by atoms with Crippen molar-refractivity contribution >= 4 is 29.0 Å². The van der Waals surface area contributed by atoms with Crippen molar-refractivity contribution in [1.82, 2.24) is 4.90 Å². The van der Waals surface area contributed by atoms with Crippen molar-refractivity contribution in [3.05, 3.63) is 59.3 Å². The number of carboxylic acid groups (broad SMARTS) is 1. The average molecular weight is 388 g/mol. The van der Waals surface area contributed by atoms with Crippen LogP contribution in [0, 0.1) is 5.41 Å². The van der Waals surface area contributed by atoms with Gasteiger partial charge < -0.3 is 20.6 Å². The number of anilines is 1. The van der Waals surface area contributed by atoms with Crippen molar-refractivity contribution < 1.29 is 14.6 Å². The van der Waals surface area contributed by atoms with Crippen molar-refractivity contribution in [3.8, 4) is 5.75 Å². The number of allylic oxidation sites excluding steroid dienone is 5. The molecule has 0 aromatic heterocycles. The molecule has 142 valence electrons. The Labute approximate surface area is 163 Å². The number of nitrogens with one attached hydrogen (secondary N) is 2. The highest BCUT2D eigenvalue weighted by atomic mass is 35.5. The fourth-order valence-corrected chi connectivity index (χ4v) is 3.44.